The molecule has 0 aliphatic heterocycles. The van der Waals surface area contributed by atoms with E-state index < -0.39 is 0 Å². The van der Waals surface area contributed by atoms with E-state index in [4.69, 9.17) is 0 Å². The summed E-state index contributed by atoms with van der Waals surface area (Å²) >= 11 is 0. The van der Waals surface area contributed by atoms with Crippen molar-refractivity contribution in [2.24, 2.45) is 0 Å². The van der Waals surface area contributed by atoms with Gasteiger partial charge in [-0.25, -0.2) is 0 Å². The summed E-state index contributed by atoms with van der Waals surface area (Å²) in [5.74, 6) is 0.0807. The van der Waals surface area contributed by atoms with E-state index in [9.17, 15) is 4.79 Å². The van der Waals surface area contributed by atoms with Gasteiger partial charge in [-0.3, -0.25) is 9.36 Å². The molecular formula is C14H13NO. The zero-order chi connectivity index (χ0) is 11.2. The first-order valence-corrected chi connectivity index (χ1v) is 5.24. The molecule has 80 valence electrons. The molecule has 0 unspecified atom stereocenters. The van der Waals surface area contributed by atoms with E-state index in [-0.39, 0.29) is 5.91 Å². The Morgan fingerprint density at radius 2 is 1.75 bits per heavy atom. The van der Waals surface area contributed by atoms with Gasteiger partial charge < -0.3 is 0 Å². The summed E-state index contributed by atoms with van der Waals surface area (Å²) in [6, 6.07) is 13.6. The molecular weight excluding hydrogens is 198 g/mol. The van der Waals surface area contributed by atoms with Crippen LogP contribution in [-0.4, -0.2) is 10.5 Å². The molecule has 0 aliphatic rings. The lowest BCUT2D eigenvalue weighted by atomic mass is 10.2. The second-order valence-corrected chi connectivity index (χ2v) is 3.50. The lowest BCUT2D eigenvalue weighted by Gasteiger charge is -1.97. The number of hydrogen-bond acceptors (Lipinski definition) is 1. The number of carbonyl (C=O) groups excluding carboxylic acids is 1. The highest BCUT2D eigenvalue weighted by Gasteiger charge is 1.98. The van der Waals surface area contributed by atoms with Crippen LogP contribution < -0.4 is 0 Å². The van der Waals surface area contributed by atoms with E-state index in [0.717, 1.165) is 5.56 Å². The number of carbonyl (C=O) groups is 1. The molecule has 0 spiro atoms. The Kier molecular flexibility index (Phi) is 3.34. The van der Waals surface area contributed by atoms with Crippen LogP contribution in [0.15, 0.2) is 60.9 Å². The highest BCUT2D eigenvalue weighted by Crippen LogP contribution is 2.03. The number of aromatic nitrogens is 1. The molecule has 0 atom stereocenters. The molecule has 0 N–H and O–H groups in total. The second kappa shape index (κ2) is 5.12. The van der Waals surface area contributed by atoms with Crippen LogP contribution in [0.5, 0.6) is 0 Å². The Bertz CT molecular complexity index is 469. The Morgan fingerprint density at radius 3 is 2.44 bits per heavy atom. The first-order chi connectivity index (χ1) is 7.86. The summed E-state index contributed by atoms with van der Waals surface area (Å²) in [5, 5.41) is 0. The minimum absolute atomic E-state index is 0.0807. The van der Waals surface area contributed by atoms with Gasteiger partial charge in [-0.2, -0.15) is 0 Å². The van der Waals surface area contributed by atoms with E-state index in [2.05, 4.69) is 0 Å². The van der Waals surface area contributed by atoms with Crippen molar-refractivity contribution in [3.8, 4) is 0 Å². The minimum atomic E-state index is 0.0807. The van der Waals surface area contributed by atoms with E-state index in [1.54, 1.807) is 17.0 Å². The second-order valence-electron chi connectivity index (χ2n) is 3.50. The quantitative estimate of drug-likeness (QED) is 0.764. The fourth-order valence-electron chi connectivity index (χ4n) is 1.47. The maximum atomic E-state index is 11.6. The van der Waals surface area contributed by atoms with E-state index in [1.165, 1.54) is 0 Å². The zero-order valence-corrected chi connectivity index (χ0v) is 8.91. The lowest BCUT2D eigenvalue weighted by Crippen LogP contribution is -2.05. The SMILES string of the molecule is O=C(C/C=C/c1ccccc1)n1cccc1. The largest absolute Gasteiger partial charge is 0.294 e. The molecule has 2 rings (SSSR count). The van der Waals surface area contributed by atoms with Gasteiger partial charge in [0, 0.05) is 18.8 Å². The minimum Gasteiger partial charge on any atom is -0.294 e. The van der Waals surface area contributed by atoms with Crippen LogP contribution in [0.2, 0.25) is 0 Å². The summed E-state index contributed by atoms with van der Waals surface area (Å²) in [4.78, 5) is 11.6. The summed E-state index contributed by atoms with van der Waals surface area (Å²) in [7, 11) is 0. The average molecular weight is 211 g/mol. The molecule has 0 amide bonds. The monoisotopic (exact) mass is 211 g/mol. The van der Waals surface area contributed by atoms with Gasteiger partial charge >= 0.3 is 0 Å². The fraction of sp³-hybridized carbons (Fsp3) is 0.0714. The number of rotatable bonds is 3. The normalized spacial score (nSPS) is 10.8. The fourth-order valence-corrected chi connectivity index (χ4v) is 1.47. The molecule has 0 aliphatic carbocycles. The highest BCUT2D eigenvalue weighted by atomic mass is 16.1. The molecule has 0 saturated heterocycles. The van der Waals surface area contributed by atoms with Crippen LogP contribution in [0, 0.1) is 0 Å². The van der Waals surface area contributed by atoms with Crippen LogP contribution in [0.3, 0.4) is 0 Å². The van der Waals surface area contributed by atoms with Crippen molar-refractivity contribution >= 4 is 12.0 Å². The topological polar surface area (TPSA) is 22.0 Å². The van der Waals surface area contributed by atoms with Crippen molar-refractivity contribution in [2.75, 3.05) is 0 Å². The maximum Gasteiger partial charge on any atom is 0.234 e. The molecule has 0 radical (unpaired) electrons. The maximum absolute atomic E-state index is 11.6. The van der Waals surface area contributed by atoms with Crippen molar-refractivity contribution < 1.29 is 4.79 Å². The third kappa shape index (κ3) is 2.70. The predicted molar refractivity (Wildman–Crippen MR) is 65.2 cm³/mol. The van der Waals surface area contributed by atoms with Gasteiger partial charge in [-0.15, -0.1) is 0 Å². The first-order valence-electron chi connectivity index (χ1n) is 5.24. The summed E-state index contributed by atoms with van der Waals surface area (Å²) in [5.41, 5.74) is 1.11. The average Bonchev–Trinajstić information content (AvgIpc) is 2.84. The van der Waals surface area contributed by atoms with Gasteiger partial charge in [0.05, 0.1) is 0 Å². The van der Waals surface area contributed by atoms with Crippen molar-refractivity contribution in [1.29, 1.82) is 0 Å². The molecule has 2 aromatic rings. The van der Waals surface area contributed by atoms with E-state index in [1.807, 2.05) is 54.6 Å². The van der Waals surface area contributed by atoms with Gasteiger partial charge in [0.25, 0.3) is 0 Å². The van der Waals surface area contributed by atoms with Crippen molar-refractivity contribution in [3.05, 3.63) is 66.5 Å². The number of allylic oxidation sites excluding steroid dienone is 1. The lowest BCUT2D eigenvalue weighted by molar-refractivity contribution is 0.0918. The van der Waals surface area contributed by atoms with Crippen molar-refractivity contribution in [3.63, 3.8) is 0 Å². The molecule has 0 saturated carbocycles. The van der Waals surface area contributed by atoms with Crippen LogP contribution >= 0.6 is 0 Å². The van der Waals surface area contributed by atoms with Gasteiger partial charge in [0.1, 0.15) is 0 Å². The Balaban J connectivity index is 1.93. The van der Waals surface area contributed by atoms with E-state index in [0.29, 0.717) is 6.42 Å². The summed E-state index contributed by atoms with van der Waals surface area (Å²) < 4.78 is 1.59. The molecule has 2 nitrogen and oxygen atoms in total. The molecule has 0 fully saturated rings. The number of hydrogen-bond donors (Lipinski definition) is 0. The summed E-state index contributed by atoms with van der Waals surface area (Å²) in [6.45, 7) is 0. The van der Waals surface area contributed by atoms with Crippen LogP contribution in [0.25, 0.3) is 6.08 Å². The Labute approximate surface area is 94.8 Å². The highest BCUT2D eigenvalue weighted by molar-refractivity contribution is 5.81. The van der Waals surface area contributed by atoms with Crippen molar-refractivity contribution in [2.45, 2.75) is 6.42 Å². The molecule has 1 heterocycles. The zero-order valence-electron chi connectivity index (χ0n) is 8.91. The molecule has 1 aromatic heterocycles. The van der Waals surface area contributed by atoms with Gasteiger partial charge in [0.15, 0.2) is 0 Å². The Morgan fingerprint density at radius 1 is 1.06 bits per heavy atom. The van der Waals surface area contributed by atoms with Gasteiger partial charge in [-0.1, -0.05) is 42.5 Å². The first kappa shape index (κ1) is 10.4. The van der Waals surface area contributed by atoms with Gasteiger partial charge in [0.2, 0.25) is 5.91 Å². The third-order valence-electron chi connectivity index (χ3n) is 2.29. The predicted octanol–water partition coefficient (Wildman–Crippen LogP) is 3.23. The van der Waals surface area contributed by atoms with Crippen LogP contribution in [0.4, 0.5) is 0 Å². The number of benzene rings is 1. The van der Waals surface area contributed by atoms with Crippen molar-refractivity contribution in [1.82, 2.24) is 4.57 Å². The van der Waals surface area contributed by atoms with Crippen LogP contribution in [-0.2, 0) is 0 Å². The standard InChI is InChI=1S/C14H13NO/c16-14(15-11-4-5-12-15)10-6-9-13-7-2-1-3-8-13/h1-9,11-12H,10H2/b9-6+. The molecule has 2 heteroatoms. The molecule has 0 bridgehead atoms. The van der Waals surface area contributed by atoms with Gasteiger partial charge in [-0.05, 0) is 17.7 Å². The van der Waals surface area contributed by atoms with E-state index >= 15 is 0 Å². The summed E-state index contributed by atoms with van der Waals surface area (Å²) in [6.07, 6.45) is 7.79. The smallest absolute Gasteiger partial charge is 0.234 e. The molecule has 16 heavy (non-hydrogen) atoms. The third-order valence-corrected chi connectivity index (χ3v) is 2.29. The number of nitrogens with zero attached hydrogens (tertiary/aromatic N) is 1. The Hall–Kier alpha value is -2.09. The molecule has 1 aromatic carbocycles. The van der Waals surface area contributed by atoms with Crippen LogP contribution in [0.1, 0.15) is 16.8 Å².